The van der Waals surface area contributed by atoms with Crippen molar-refractivity contribution in [2.24, 2.45) is 7.05 Å². The predicted octanol–water partition coefficient (Wildman–Crippen LogP) is 3.52. The monoisotopic (exact) mass is 289 g/mol. The molecule has 0 saturated carbocycles. The Balaban J connectivity index is 2.41. The minimum Gasteiger partial charge on any atom is -0.305 e. The molecular formula is C17H24FN3. The number of hydrogen-bond donors (Lipinski definition) is 1. The van der Waals surface area contributed by atoms with Crippen LogP contribution in [0, 0.1) is 12.7 Å². The summed E-state index contributed by atoms with van der Waals surface area (Å²) >= 11 is 0. The van der Waals surface area contributed by atoms with Gasteiger partial charge in [0.1, 0.15) is 5.82 Å². The van der Waals surface area contributed by atoms with Crippen LogP contribution in [0.1, 0.15) is 48.8 Å². The number of nitrogens with one attached hydrogen (secondary N) is 1. The Morgan fingerprint density at radius 3 is 2.62 bits per heavy atom. The van der Waals surface area contributed by atoms with Gasteiger partial charge in [-0.1, -0.05) is 26.0 Å². The molecule has 2 rings (SSSR count). The smallest absolute Gasteiger partial charge is 0.126 e. The zero-order chi connectivity index (χ0) is 15.4. The molecular weight excluding hydrogens is 265 g/mol. The number of nitrogens with zero attached hydrogens (tertiary/aromatic N) is 2. The molecule has 1 aromatic heterocycles. The van der Waals surface area contributed by atoms with Crippen molar-refractivity contribution < 1.29 is 4.39 Å². The van der Waals surface area contributed by atoms with Crippen LogP contribution in [0.2, 0.25) is 0 Å². The summed E-state index contributed by atoms with van der Waals surface area (Å²) in [4.78, 5) is 0. The molecule has 114 valence electrons. The first-order chi connectivity index (χ1) is 10.1. The molecule has 0 saturated heterocycles. The van der Waals surface area contributed by atoms with E-state index in [1.54, 1.807) is 13.0 Å². The molecule has 4 heteroatoms. The van der Waals surface area contributed by atoms with Crippen LogP contribution in [0.15, 0.2) is 24.3 Å². The van der Waals surface area contributed by atoms with E-state index in [1.807, 2.05) is 23.9 Å². The van der Waals surface area contributed by atoms with Crippen LogP contribution >= 0.6 is 0 Å². The molecule has 1 heterocycles. The summed E-state index contributed by atoms with van der Waals surface area (Å²) in [5.41, 5.74) is 3.75. The van der Waals surface area contributed by atoms with Crippen molar-refractivity contribution in [3.63, 3.8) is 0 Å². The quantitative estimate of drug-likeness (QED) is 0.882. The zero-order valence-electron chi connectivity index (χ0n) is 13.3. The Hall–Kier alpha value is -1.68. The van der Waals surface area contributed by atoms with Crippen molar-refractivity contribution in [2.45, 2.75) is 39.7 Å². The Bertz CT molecular complexity index is 604. The maximum absolute atomic E-state index is 13.9. The maximum Gasteiger partial charge on any atom is 0.126 e. The lowest BCUT2D eigenvalue weighted by molar-refractivity contribution is 0.546. The minimum atomic E-state index is -0.159. The highest BCUT2D eigenvalue weighted by Gasteiger charge is 2.19. The van der Waals surface area contributed by atoms with Crippen molar-refractivity contribution in [3.05, 3.63) is 52.6 Å². The van der Waals surface area contributed by atoms with E-state index < -0.39 is 0 Å². The molecule has 1 atom stereocenters. The summed E-state index contributed by atoms with van der Waals surface area (Å²) < 4.78 is 15.8. The number of rotatable bonds is 6. The third-order valence-corrected chi connectivity index (χ3v) is 3.75. The average molecular weight is 289 g/mol. The summed E-state index contributed by atoms with van der Waals surface area (Å²) in [5.74, 6) is -0.159. The van der Waals surface area contributed by atoms with Gasteiger partial charge in [-0.05, 0) is 49.6 Å². The first-order valence-electron chi connectivity index (χ1n) is 7.59. The van der Waals surface area contributed by atoms with Gasteiger partial charge in [-0.3, -0.25) is 4.68 Å². The zero-order valence-corrected chi connectivity index (χ0v) is 13.3. The van der Waals surface area contributed by atoms with Crippen LogP contribution < -0.4 is 5.32 Å². The molecule has 0 fully saturated rings. The standard InChI is InChI=1S/C17H24FN3/c1-5-9-19-17(13-8-7-12(3)15(18)10-13)16-11-14(6-2)20-21(16)4/h7-8,10-11,17,19H,5-6,9H2,1-4H3. The molecule has 0 aliphatic heterocycles. The van der Waals surface area contributed by atoms with Crippen molar-refractivity contribution >= 4 is 0 Å². The minimum absolute atomic E-state index is 0.0298. The van der Waals surface area contributed by atoms with Crippen LogP contribution in [-0.4, -0.2) is 16.3 Å². The molecule has 0 radical (unpaired) electrons. The van der Waals surface area contributed by atoms with Gasteiger partial charge < -0.3 is 5.32 Å². The molecule has 21 heavy (non-hydrogen) atoms. The van der Waals surface area contributed by atoms with E-state index in [2.05, 4.69) is 30.3 Å². The molecule has 1 unspecified atom stereocenters. The molecule has 0 aliphatic carbocycles. The number of aryl methyl sites for hydroxylation is 3. The Morgan fingerprint density at radius 1 is 1.29 bits per heavy atom. The molecule has 0 amide bonds. The second-order valence-electron chi connectivity index (χ2n) is 5.43. The normalized spacial score (nSPS) is 12.6. The summed E-state index contributed by atoms with van der Waals surface area (Å²) in [5, 5.41) is 8.01. The summed E-state index contributed by atoms with van der Waals surface area (Å²) in [6.45, 7) is 6.88. The van der Waals surface area contributed by atoms with Crippen LogP contribution in [-0.2, 0) is 13.5 Å². The van der Waals surface area contributed by atoms with Crippen molar-refractivity contribution in [2.75, 3.05) is 6.54 Å². The highest BCUT2D eigenvalue weighted by molar-refractivity contribution is 5.32. The summed E-state index contributed by atoms with van der Waals surface area (Å²) in [6, 6.07) is 7.52. The van der Waals surface area contributed by atoms with E-state index in [9.17, 15) is 4.39 Å². The van der Waals surface area contributed by atoms with Gasteiger partial charge in [-0.25, -0.2) is 4.39 Å². The Kier molecular flexibility index (Phi) is 5.12. The lowest BCUT2D eigenvalue weighted by Crippen LogP contribution is -2.25. The van der Waals surface area contributed by atoms with Crippen LogP contribution in [0.5, 0.6) is 0 Å². The van der Waals surface area contributed by atoms with E-state index in [1.165, 1.54) is 0 Å². The lowest BCUT2D eigenvalue weighted by Gasteiger charge is -2.19. The average Bonchev–Trinajstić information content (AvgIpc) is 2.84. The fraction of sp³-hybridized carbons (Fsp3) is 0.471. The van der Waals surface area contributed by atoms with Gasteiger partial charge in [0.2, 0.25) is 0 Å². The first kappa shape index (κ1) is 15.7. The SMILES string of the molecule is CCCNC(c1ccc(C)c(F)c1)c1cc(CC)nn1C. The summed E-state index contributed by atoms with van der Waals surface area (Å²) in [7, 11) is 1.94. The van der Waals surface area contributed by atoms with E-state index >= 15 is 0 Å². The molecule has 0 aliphatic rings. The van der Waals surface area contributed by atoms with Gasteiger partial charge in [0.05, 0.1) is 17.4 Å². The molecule has 3 nitrogen and oxygen atoms in total. The Morgan fingerprint density at radius 2 is 2.05 bits per heavy atom. The number of halogens is 1. The summed E-state index contributed by atoms with van der Waals surface area (Å²) in [6.07, 6.45) is 1.93. The maximum atomic E-state index is 13.9. The predicted molar refractivity (Wildman–Crippen MR) is 83.9 cm³/mol. The fourth-order valence-corrected chi connectivity index (χ4v) is 2.46. The number of aromatic nitrogens is 2. The van der Waals surface area contributed by atoms with Gasteiger partial charge in [0.15, 0.2) is 0 Å². The van der Waals surface area contributed by atoms with Crippen LogP contribution in [0.25, 0.3) is 0 Å². The molecule has 2 aromatic rings. The van der Waals surface area contributed by atoms with Gasteiger partial charge in [-0.15, -0.1) is 0 Å². The molecule has 1 N–H and O–H groups in total. The Labute approximate surface area is 126 Å². The highest BCUT2D eigenvalue weighted by Crippen LogP contribution is 2.24. The number of benzene rings is 1. The van der Waals surface area contributed by atoms with Gasteiger partial charge in [0.25, 0.3) is 0 Å². The fourth-order valence-electron chi connectivity index (χ4n) is 2.46. The molecule has 1 aromatic carbocycles. The second kappa shape index (κ2) is 6.85. The van der Waals surface area contributed by atoms with Crippen LogP contribution in [0.4, 0.5) is 4.39 Å². The third-order valence-electron chi connectivity index (χ3n) is 3.75. The van der Waals surface area contributed by atoms with Crippen molar-refractivity contribution in [1.29, 1.82) is 0 Å². The second-order valence-corrected chi connectivity index (χ2v) is 5.43. The lowest BCUT2D eigenvalue weighted by atomic mass is 10.0. The van der Waals surface area contributed by atoms with Gasteiger partial charge >= 0.3 is 0 Å². The highest BCUT2D eigenvalue weighted by atomic mass is 19.1. The van der Waals surface area contributed by atoms with E-state index in [0.717, 1.165) is 36.3 Å². The van der Waals surface area contributed by atoms with Crippen molar-refractivity contribution in [3.8, 4) is 0 Å². The number of hydrogen-bond acceptors (Lipinski definition) is 2. The largest absolute Gasteiger partial charge is 0.305 e. The molecule has 0 bridgehead atoms. The van der Waals surface area contributed by atoms with Crippen LogP contribution in [0.3, 0.4) is 0 Å². The van der Waals surface area contributed by atoms with Gasteiger partial charge in [-0.2, -0.15) is 5.10 Å². The van der Waals surface area contributed by atoms with E-state index in [4.69, 9.17) is 0 Å². The van der Waals surface area contributed by atoms with Gasteiger partial charge in [0, 0.05) is 7.05 Å². The van der Waals surface area contributed by atoms with E-state index in [0.29, 0.717) is 5.56 Å². The third kappa shape index (κ3) is 3.50. The topological polar surface area (TPSA) is 29.9 Å². The first-order valence-corrected chi connectivity index (χ1v) is 7.59. The molecule has 0 spiro atoms. The van der Waals surface area contributed by atoms with Crippen molar-refractivity contribution in [1.82, 2.24) is 15.1 Å². The van der Waals surface area contributed by atoms with E-state index in [-0.39, 0.29) is 11.9 Å².